The molecule has 1 atom stereocenters. The van der Waals surface area contributed by atoms with Crippen molar-refractivity contribution in [3.63, 3.8) is 0 Å². The van der Waals surface area contributed by atoms with Crippen LogP contribution >= 0.6 is 23.2 Å². The summed E-state index contributed by atoms with van der Waals surface area (Å²) in [6, 6.07) is 14.4. The molecular weight excluding hydrogens is 419 g/mol. The number of nitrogens with one attached hydrogen (secondary N) is 1. The highest BCUT2D eigenvalue weighted by Crippen LogP contribution is 2.22. The first-order valence-corrected chi connectivity index (χ1v) is 11.3. The van der Waals surface area contributed by atoms with Gasteiger partial charge in [-0.1, -0.05) is 79.9 Å². The van der Waals surface area contributed by atoms with Gasteiger partial charge >= 0.3 is 0 Å². The predicted molar refractivity (Wildman–Crippen MR) is 124 cm³/mol. The van der Waals surface area contributed by atoms with Crippen molar-refractivity contribution < 1.29 is 9.59 Å². The molecule has 1 N–H and O–H groups in total. The second-order valence-corrected chi connectivity index (χ2v) is 8.09. The molecule has 0 saturated heterocycles. The van der Waals surface area contributed by atoms with Crippen molar-refractivity contribution in [3.8, 4) is 0 Å². The molecule has 0 aromatic heterocycles. The predicted octanol–water partition coefficient (Wildman–Crippen LogP) is 5.65. The molecule has 6 heteroatoms. The standard InChI is InChI=1S/C24H30Cl2N2O2/c1-3-5-16-27-24(30)22(4-2)28(17-19-11-7-9-13-21(19)26)23(29)15-14-18-10-6-8-12-20(18)25/h6-13,22H,3-5,14-17H2,1-2H3,(H,27,30)/t22-/m1/s1. The average Bonchev–Trinajstić information content (AvgIpc) is 2.74. The van der Waals surface area contributed by atoms with Crippen LogP contribution < -0.4 is 5.32 Å². The molecule has 0 aliphatic heterocycles. The van der Waals surface area contributed by atoms with E-state index in [4.69, 9.17) is 23.2 Å². The first-order valence-electron chi connectivity index (χ1n) is 10.5. The third kappa shape index (κ3) is 7.03. The van der Waals surface area contributed by atoms with E-state index in [-0.39, 0.29) is 18.2 Å². The molecule has 2 aromatic carbocycles. The van der Waals surface area contributed by atoms with E-state index in [1.54, 1.807) is 11.0 Å². The van der Waals surface area contributed by atoms with E-state index in [1.807, 2.05) is 49.4 Å². The molecule has 0 spiro atoms. The van der Waals surface area contributed by atoms with Gasteiger partial charge in [-0.3, -0.25) is 9.59 Å². The van der Waals surface area contributed by atoms with Gasteiger partial charge in [0.2, 0.25) is 11.8 Å². The molecule has 0 unspecified atom stereocenters. The molecule has 0 aliphatic rings. The fraction of sp³-hybridized carbons (Fsp3) is 0.417. The van der Waals surface area contributed by atoms with Gasteiger partial charge in [0.05, 0.1) is 0 Å². The Morgan fingerprint density at radius 3 is 2.13 bits per heavy atom. The summed E-state index contributed by atoms with van der Waals surface area (Å²) in [5.74, 6) is -0.212. The molecule has 0 fully saturated rings. The molecule has 2 aromatic rings. The Labute approximate surface area is 189 Å². The van der Waals surface area contributed by atoms with Gasteiger partial charge in [0.1, 0.15) is 6.04 Å². The van der Waals surface area contributed by atoms with Crippen molar-refractivity contribution in [1.29, 1.82) is 0 Å². The highest BCUT2D eigenvalue weighted by Gasteiger charge is 2.28. The Bertz CT molecular complexity index is 841. The minimum Gasteiger partial charge on any atom is -0.354 e. The molecule has 0 heterocycles. The largest absolute Gasteiger partial charge is 0.354 e. The number of unbranched alkanes of at least 4 members (excludes halogenated alkanes) is 1. The summed E-state index contributed by atoms with van der Waals surface area (Å²) >= 11 is 12.6. The van der Waals surface area contributed by atoms with E-state index in [0.29, 0.717) is 36.0 Å². The van der Waals surface area contributed by atoms with Crippen LogP contribution in [0.5, 0.6) is 0 Å². The van der Waals surface area contributed by atoms with E-state index < -0.39 is 6.04 Å². The van der Waals surface area contributed by atoms with Crippen LogP contribution in [0, 0.1) is 0 Å². The number of hydrogen-bond donors (Lipinski definition) is 1. The Morgan fingerprint density at radius 1 is 0.967 bits per heavy atom. The topological polar surface area (TPSA) is 49.4 Å². The third-order valence-corrected chi connectivity index (χ3v) is 5.82. The van der Waals surface area contributed by atoms with Crippen LogP contribution in [-0.4, -0.2) is 29.3 Å². The number of rotatable bonds is 11. The average molecular weight is 449 g/mol. The maximum absolute atomic E-state index is 13.2. The number of amides is 2. The minimum atomic E-state index is -0.545. The molecule has 4 nitrogen and oxygen atoms in total. The van der Waals surface area contributed by atoms with Crippen LogP contribution in [0.3, 0.4) is 0 Å². The summed E-state index contributed by atoms with van der Waals surface area (Å²) in [5.41, 5.74) is 1.75. The molecule has 0 radical (unpaired) electrons. The molecule has 162 valence electrons. The number of hydrogen-bond acceptors (Lipinski definition) is 2. The smallest absolute Gasteiger partial charge is 0.242 e. The maximum Gasteiger partial charge on any atom is 0.242 e. The van der Waals surface area contributed by atoms with Gasteiger partial charge in [0, 0.05) is 29.6 Å². The Hall–Kier alpha value is -2.04. The lowest BCUT2D eigenvalue weighted by Crippen LogP contribution is -2.49. The number of carbonyl (C=O) groups is 2. The van der Waals surface area contributed by atoms with E-state index in [1.165, 1.54) is 0 Å². The summed E-state index contributed by atoms with van der Waals surface area (Å²) in [4.78, 5) is 27.7. The van der Waals surface area contributed by atoms with Crippen LogP contribution in [-0.2, 0) is 22.6 Å². The zero-order chi connectivity index (χ0) is 21.9. The highest BCUT2D eigenvalue weighted by atomic mass is 35.5. The van der Waals surface area contributed by atoms with Crippen molar-refractivity contribution in [1.82, 2.24) is 10.2 Å². The van der Waals surface area contributed by atoms with Crippen molar-refractivity contribution in [3.05, 3.63) is 69.7 Å². The number of carbonyl (C=O) groups excluding carboxylic acids is 2. The van der Waals surface area contributed by atoms with Crippen LogP contribution in [0.15, 0.2) is 48.5 Å². The van der Waals surface area contributed by atoms with Gasteiger partial charge in [-0.2, -0.15) is 0 Å². The highest BCUT2D eigenvalue weighted by molar-refractivity contribution is 6.31. The first-order chi connectivity index (χ1) is 14.5. The zero-order valence-corrected chi connectivity index (χ0v) is 19.2. The van der Waals surface area contributed by atoms with Crippen LogP contribution in [0.2, 0.25) is 10.0 Å². The number of benzene rings is 2. The van der Waals surface area contributed by atoms with E-state index in [0.717, 1.165) is 24.0 Å². The van der Waals surface area contributed by atoms with E-state index in [2.05, 4.69) is 12.2 Å². The van der Waals surface area contributed by atoms with Crippen molar-refractivity contribution >= 4 is 35.0 Å². The molecule has 2 rings (SSSR count). The van der Waals surface area contributed by atoms with Gasteiger partial charge in [0.25, 0.3) is 0 Å². The van der Waals surface area contributed by atoms with Gasteiger partial charge < -0.3 is 10.2 Å². The van der Waals surface area contributed by atoms with Crippen LogP contribution in [0.4, 0.5) is 0 Å². The second kappa shape index (κ2) is 12.6. The number of aryl methyl sites for hydroxylation is 1. The summed E-state index contributed by atoms with van der Waals surface area (Å²) in [7, 11) is 0. The van der Waals surface area contributed by atoms with Crippen molar-refractivity contribution in [2.24, 2.45) is 0 Å². The summed E-state index contributed by atoms with van der Waals surface area (Å²) < 4.78 is 0. The van der Waals surface area contributed by atoms with Crippen molar-refractivity contribution in [2.75, 3.05) is 6.54 Å². The lowest BCUT2D eigenvalue weighted by molar-refractivity contribution is -0.141. The zero-order valence-electron chi connectivity index (χ0n) is 17.7. The Morgan fingerprint density at radius 2 is 1.57 bits per heavy atom. The van der Waals surface area contributed by atoms with Gasteiger partial charge in [-0.05, 0) is 42.5 Å². The van der Waals surface area contributed by atoms with Crippen LogP contribution in [0.25, 0.3) is 0 Å². The fourth-order valence-corrected chi connectivity index (χ4v) is 3.75. The summed E-state index contributed by atoms with van der Waals surface area (Å²) in [6.07, 6.45) is 3.23. The Balaban J connectivity index is 2.20. The normalized spacial score (nSPS) is 11.7. The lowest BCUT2D eigenvalue weighted by atomic mass is 10.1. The molecule has 30 heavy (non-hydrogen) atoms. The van der Waals surface area contributed by atoms with E-state index >= 15 is 0 Å². The van der Waals surface area contributed by atoms with Gasteiger partial charge in [0.15, 0.2) is 0 Å². The maximum atomic E-state index is 13.2. The van der Waals surface area contributed by atoms with Crippen molar-refractivity contribution in [2.45, 2.75) is 58.5 Å². The molecular formula is C24H30Cl2N2O2. The molecule has 2 amide bonds. The molecule has 0 bridgehead atoms. The fourth-order valence-electron chi connectivity index (χ4n) is 3.32. The van der Waals surface area contributed by atoms with Gasteiger partial charge in [-0.25, -0.2) is 0 Å². The molecule has 0 aliphatic carbocycles. The summed E-state index contributed by atoms with van der Waals surface area (Å²) in [6.45, 7) is 4.90. The SMILES string of the molecule is CCCCNC(=O)[C@@H](CC)N(Cc1ccccc1Cl)C(=O)CCc1ccccc1Cl. The first kappa shape index (κ1) is 24.2. The molecule has 0 saturated carbocycles. The van der Waals surface area contributed by atoms with Gasteiger partial charge in [-0.15, -0.1) is 0 Å². The number of nitrogens with zero attached hydrogens (tertiary/aromatic N) is 1. The van der Waals surface area contributed by atoms with Crippen LogP contribution in [0.1, 0.15) is 50.7 Å². The van der Waals surface area contributed by atoms with E-state index in [9.17, 15) is 9.59 Å². The summed E-state index contributed by atoms with van der Waals surface area (Å²) in [5, 5.41) is 4.20. The quantitative estimate of drug-likeness (QED) is 0.451. The number of halogens is 2. The monoisotopic (exact) mass is 448 g/mol. The minimum absolute atomic E-state index is 0.0904. The Kier molecular flexibility index (Phi) is 10.2. The third-order valence-electron chi connectivity index (χ3n) is 5.08. The second-order valence-electron chi connectivity index (χ2n) is 7.27. The lowest BCUT2D eigenvalue weighted by Gasteiger charge is -2.31.